The molecular weight excluding hydrogens is 326 g/mol. The number of benzene rings is 1. The molecular formula is C20H23N5O. The SMILES string of the molecule is Cc1nc(N2C[C@@H]3OCCN(Cc4ccccc4)[C@H]3C2)c2cc[nH]c2n1. The fourth-order valence-corrected chi connectivity index (χ4v) is 4.22. The Bertz CT molecular complexity index is 909. The summed E-state index contributed by atoms with van der Waals surface area (Å²) < 4.78 is 6.11. The molecule has 2 atom stereocenters. The van der Waals surface area contributed by atoms with E-state index in [4.69, 9.17) is 9.72 Å². The zero-order valence-electron chi connectivity index (χ0n) is 14.9. The van der Waals surface area contributed by atoms with E-state index in [9.17, 15) is 0 Å². The number of ether oxygens (including phenoxy) is 1. The Morgan fingerprint density at radius 2 is 2.04 bits per heavy atom. The van der Waals surface area contributed by atoms with Crippen LogP contribution in [0.5, 0.6) is 0 Å². The molecule has 2 aromatic heterocycles. The van der Waals surface area contributed by atoms with Crippen molar-refractivity contribution in [2.75, 3.05) is 31.1 Å². The third-order valence-corrected chi connectivity index (χ3v) is 5.45. The van der Waals surface area contributed by atoms with E-state index < -0.39 is 0 Å². The van der Waals surface area contributed by atoms with Crippen molar-refractivity contribution in [3.8, 4) is 0 Å². The zero-order chi connectivity index (χ0) is 17.5. The minimum atomic E-state index is 0.233. The summed E-state index contributed by atoms with van der Waals surface area (Å²) in [5.74, 6) is 1.82. The van der Waals surface area contributed by atoms with Crippen molar-refractivity contribution in [2.24, 2.45) is 0 Å². The third-order valence-electron chi connectivity index (χ3n) is 5.45. The van der Waals surface area contributed by atoms with Crippen molar-refractivity contribution in [1.82, 2.24) is 19.9 Å². The van der Waals surface area contributed by atoms with Crippen LogP contribution in [-0.2, 0) is 11.3 Å². The number of nitrogens with one attached hydrogen (secondary N) is 1. The Balaban J connectivity index is 1.41. The fraction of sp³-hybridized carbons (Fsp3) is 0.400. The molecule has 134 valence electrons. The van der Waals surface area contributed by atoms with Crippen LogP contribution in [0, 0.1) is 6.92 Å². The van der Waals surface area contributed by atoms with Gasteiger partial charge in [0.2, 0.25) is 0 Å². The van der Waals surface area contributed by atoms with Crippen LogP contribution in [0.4, 0.5) is 5.82 Å². The maximum Gasteiger partial charge on any atom is 0.143 e. The van der Waals surface area contributed by atoms with Crippen LogP contribution in [0.1, 0.15) is 11.4 Å². The van der Waals surface area contributed by atoms with Gasteiger partial charge < -0.3 is 14.6 Å². The molecule has 2 saturated heterocycles. The van der Waals surface area contributed by atoms with Gasteiger partial charge in [0, 0.05) is 32.4 Å². The number of aromatic amines is 1. The lowest BCUT2D eigenvalue weighted by Crippen LogP contribution is -2.50. The number of nitrogens with zero attached hydrogens (tertiary/aromatic N) is 4. The minimum absolute atomic E-state index is 0.233. The van der Waals surface area contributed by atoms with Gasteiger partial charge in [-0.2, -0.15) is 0 Å². The molecule has 1 N–H and O–H groups in total. The van der Waals surface area contributed by atoms with Crippen LogP contribution < -0.4 is 4.90 Å². The number of hydrogen-bond donors (Lipinski definition) is 1. The summed E-state index contributed by atoms with van der Waals surface area (Å²) >= 11 is 0. The van der Waals surface area contributed by atoms with Crippen LogP contribution in [0.15, 0.2) is 42.6 Å². The van der Waals surface area contributed by atoms with Crippen LogP contribution in [-0.4, -0.2) is 58.2 Å². The van der Waals surface area contributed by atoms with Crippen molar-refractivity contribution in [2.45, 2.75) is 25.6 Å². The van der Waals surface area contributed by atoms with Crippen molar-refractivity contribution < 1.29 is 4.74 Å². The largest absolute Gasteiger partial charge is 0.373 e. The van der Waals surface area contributed by atoms with Crippen LogP contribution in [0.25, 0.3) is 11.0 Å². The fourth-order valence-electron chi connectivity index (χ4n) is 4.22. The monoisotopic (exact) mass is 349 g/mol. The summed E-state index contributed by atoms with van der Waals surface area (Å²) in [5.41, 5.74) is 2.27. The first kappa shape index (κ1) is 15.8. The lowest BCUT2D eigenvalue weighted by atomic mass is 10.1. The summed E-state index contributed by atoms with van der Waals surface area (Å²) in [7, 11) is 0. The van der Waals surface area contributed by atoms with Gasteiger partial charge in [-0.15, -0.1) is 0 Å². The third kappa shape index (κ3) is 2.75. The summed E-state index contributed by atoms with van der Waals surface area (Å²) in [6.45, 7) is 6.52. The quantitative estimate of drug-likeness (QED) is 0.787. The maximum atomic E-state index is 6.11. The summed E-state index contributed by atoms with van der Waals surface area (Å²) in [5, 5.41) is 1.09. The molecule has 2 aliphatic rings. The second kappa shape index (κ2) is 6.37. The second-order valence-electron chi connectivity index (χ2n) is 7.17. The Kier molecular flexibility index (Phi) is 3.87. The molecule has 0 amide bonds. The zero-order valence-corrected chi connectivity index (χ0v) is 14.9. The predicted molar refractivity (Wildman–Crippen MR) is 101 cm³/mol. The van der Waals surface area contributed by atoms with E-state index in [2.05, 4.69) is 56.2 Å². The van der Waals surface area contributed by atoms with Gasteiger partial charge in [0.05, 0.1) is 24.1 Å². The van der Waals surface area contributed by atoms with E-state index >= 15 is 0 Å². The molecule has 2 aliphatic heterocycles. The number of morpholine rings is 1. The molecule has 6 heteroatoms. The molecule has 2 fully saturated rings. The second-order valence-corrected chi connectivity index (χ2v) is 7.17. The lowest BCUT2D eigenvalue weighted by Gasteiger charge is -2.36. The number of hydrogen-bond acceptors (Lipinski definition) is 5. The normalized spacial score (nSPS) is 23.5. The number of H-pyrrole nitrogens is 1. The molecule has 4 heterocycles. The van der Waals surface area contributed by atoms with Gasteiger partial charge in [-0.3, -0.25) is 4.90 Å². The molecule has 0 bridgehead atoms. The van der Waals surface area contributed by atoms with Gasteiger partial charge in [-0.1, -0.05) is 30.3 Å². The van der Waals surface area contributed by atoms with Gasteiger partial charge in [0.25, 0.3) is 0 Å². The van der Waals surface area contributed by atoms with Crippen molar-refractivity contribution in [1.29, 1.82) is 0 Å². The van der Waals surface area contributed by atoms with E-state index in [0.717, 1.165) is 55.5 Å². The summed E-state index contributed by atoms with van der Waals surface area (Å²) in [6.07, 6.45) is 2.17. The van der Waals surface area contributed by atoms with Crippen molar-refractivity contribution in [3.63, 3.8) is 0 Å². The minimum Gasteiger partial charge on any atom is -0.373 e. The number of aromatic nitrogens is 3. The lowest BCUT2D eigenvalue weighted by molar-refractivity contribution is -0.0499. The van der Waals surface area contributed by atoms with Crippen LogP contribution in [0.2, 0.25) is 0 Å². The number of aryl methyl sites for hydroxylation is 1. The molecule has 0 saturated carbocycles. The van der Waals surface area contributed by atoms with E-state index in [-0.39, 0.29) is 6.10 Å². The molecule has 0 unspecified atom stereocenters. The van der Waals surface area contributed by atoms with Gasteiger partial charge >= 0.3 is 0 Å². The van der Waals surface area contributed by atoms with E-state index in [0.29, 0.717) is 6.04 Å². The number of fused-ring (bicyclic) bond motifs is 2. The van der Waals surface area contributed by atoms with E-state index in [1.807, 2.05) is 13.1 Å². The Hall–Kier alpha value is -2.44. The van der Waals surface area contributed by atoms with Gasteiger partial charge in [-0.25, -0.2) is 9.97 Å². The standard InChI is InChI=1S/C20H23N5O/c1-14-22-19-16(7-8-21-19)20(23-14)25-12-17-18(13-25)26-10-9-24(17)11-15-5-3-2-4-6-15/h2-8,17-18H,9-13H2,1H3,(H,21,22,23)/t17-,18-/m0/s1. The van der Waals surface area contributed by atoms with Crippen molar-refractivity contribution >= 4 is 16.9 Å². The predicted octanol–water partition coefficient (Wildman–Crippen LogP) is 2.36. The molecule has 5 rings (SSSR count). The number of rotatable bonds is 3. The van der Waals surface area contributed by atoms with E-state index in [1.165, 1.54) is 5.56 Å². The molecule has 6 nitrogen and oxygen atoms in total. The average molecular weight is 349 g/mol. The first-order valence-corrected chi connectivity index (χ1v) is 9.24. The Morgan fingerprint density at radius 3 is 2.92 bits per heavy atom. The maximum absolute atomic E-state index is 6.11. The van der Waals surface area contributed by atoms with Gasteiger partial charge in [0.15, 0.2) is 0 Å². The molecule has 0 spiro atoms. The Morgan fingerprint density at radius 1 is 1.15 bits per heavy atom. The first-order valence-electron chi connectivity index (χ1n) is 9.24. The highest BCUT2D eigenvalue weighted by atomic mass is 16.5. The topological polar surface area (TPSA) is 57.3 Å². The molecule has 0 radical (unpaired) electrons. The molecule has 3 aromatic rings. The molecule has 1 aromatic carbocycles. The molecule has 0 aliphatic carbocycles. The molecule has 26 heavy (non-hydrogen) atoms. The van der Waals surface area contributed by atoms with Crippen LogP contribution in [0.3, 0.4) is 0 Å². The van der Waals surface area contributed by atoms with Crippen molar-refractivity contribution in [3.05, 3.63) is 54.0 Å². The summed E-state index contributed by atoms with van der Waals surface area (Å²) in [4.78, 5) is 17.4. The average Bonchev–Trinajstić information content (AvgIpc) is 3.29. The Labute approximate surface area is 152 Å². The highest BCUT2D eigenvalue weighted by molar-refractivity contribution is 5.87. The van der Waals surface area contributed by atoms with E-state index in [1.54, 1.807) is 0 Å². The highest BCUT2D eigenvalue weighted by Crippen LogP contribution is 2.31. The van der Waals surface area contributed by atoms with Crippen LogP contribution >= 0.6 is 0 Å². The first-order chi connectivity index (χ1) is 12.8. The number of anilines is 1. The summed E-state index contributed by atoms with van der Waals surface area (Å²) in [6, 6.07) is 13.2. The van der Waals surface area contributed by atoms with Gasteiger partial charge in [-0.05, 0) is 18.6 Å². The smallest absolute Gasteiger partial charge is 0.143 e. The highest BCUT2D eigenvalue weighted by Gasteiger charge is 2.41. The van der Waals surface area contributed by atoms with Gasteiger partial charge in [0.1, 0.15) is 17.3 Å².